The first-order chi connectivity index (χ1) is 16.0. The Labute approximate surface area is 193 Å². The van der Waals surface area contributed by atoms with E-state index in [9.17, 15) is 4.79 Å². The molecule has 1 amide bonds. The number of nitrogens with one attached hydrogen (secondary N) is 1. The van der Waals surface area contributed by atoms with Crippen LogP contribution in [0.15, 0.2) is 76.2 Å². The molecule has 0 aliphatic carbocycles. The number of amides is 1. The summed E-state index contributed by atoms with van der Waals surface area (Å²) in [7, 11) is 3.79. The summed E-state index contributed by atoms with van der Waals surface area (Å²) in [6.07, 6.45) is 2.58. The molecule has 0 aliphatic heterocycles. The van der Waals surface area contributed by atoms with E-state index >= 15 is 0 Å². The van der Waals surface area contributed by atoms with Crippen molar-refractivity contribution in [1.29, 1.82) is 0 Å². The van der Waals surface area contributed by atoms with Crippen LogP contribution in [-0.2, 0) is 0 Å². The Morgan fingerprint density at radius 1 is 1.12 bits per heavy atom. The first-order valence-corrected chi connectivity index (χ1v) is 11.1. The number of carbonyl (C=O) groups is 1. The Morgan fingerprint density at radius 2 is 1.88 bits per heavy atom. The number of furan rings is 1. The van der Waals surface area contributed by atoms with Gasteiger partial charge in [-0.15, -0.1) is 0 Å². The van der Waals surface area contributed by atoms with Crippen LogP contribution in [0.3, 0.4) is 0 Å². The van der Waals surface area contributed by atoms with E-state index in [-0.39, 0.29) is 5.91 Å². The van der Waals surface area contributed by atoms with Gasteiger partial charge in [-0.25, -0.2) is 10.4 Å². The average Bonchev–Trinajstić information content (AvgIpc) is 3.32. The van der Waals surface area contributed by atoms with Gasteiger partial charge < -0.3 is 9.32 Å². The SMILES string of the molecule is CCC(C)c1ccc(-c2cc(C(=O)N/N=C/c3ccc(N(C)C)o3)c3ccccc3n2)cc1. The molecule has 6 nitrogen and oxygen atoms in total. The third-order valence-electron chi connectivity index (χ3n) is 5.76. The van der Waals surface area contributed by atoms with Gasteiger partial charge >= 0.3 is 0 Å². The summed E-state index contributed by atoms with van der Waals surface area (Å²) in [5.74, 6) is 1.47. The van der Waals surface area contributed by atoms with Gasteiger partial charge in [0.2, 0.25) is 0 Å². The summed E-state index contributed by atoms with van der Waals surface area (Å²) in [6.45, 7) is 4.40. The van der Waals surface area contributed by atoms with Gasteiger partial charge in [0.1, 0.15) is 5.76 Å². The molecule has 168 valence electrons. The summed E-state index contributed by atoms with van der Waals surface area (Å²) in [6, 6.07) is 21.5. The van der Waals surface area contributed by atoms with Crippen LogP contribution in [0.5, 0.6) is 0 Å². The Bertz CT molecular complexity index is 1290. The van der Waals surface area contributed by atoms with Crippen molar-refractivity contribution in [3.05, 3.63) is 83.6 Å². The summed E-state index contributed by atoms with van der Waals surface area (Å²) in [5, 5.41) is 4.86. The van der Waals surface area contributed by atoms with E-state index in [0.29, 0.717) is 23.1 Å². The quantitative estimate of drug-likeness (QED) is 0.290. The number of hydrogen-bond donors (Lipinski definition) is 1. The van der Waals surface area contributed by atoms with E-state index in [1.54, 1.807) is 6.07 Å². The molecule has 1 atom stereocenters. The number of para-hydroxylation sites is 1. The van der Waals surface area contributed by atoms with Gasteiger partial charge in [-0.1, -0.05) is 56.3 Å². The predicted octanol–water partition coefficient (Wildman–Crippen LogP) is 5.84. The fourth-order valence-electron chi connectivity index (χ4n) is 3.60. The fraction of sp³-hybridized carbons (Fsp3) is 0.222. The average molecular weight is 441 g/mol. The second-order valence-electron chi connectivity index (χ2n) is 8.27. The fourth-order valence-corrected chi connectivity index (χ4v) is 3.60. The molecule has 0 radical (unpaired) electrons. The van der Waals surface area contributed by atoms with E-state index < -0.39 is 0 Å². The Morgan fingerprint density at radius 3 is 2.58 bits per heavy atom. The van der Waals surface area contributed by atoms with Crippen LogP contribution in [0, 0.1) is 0 Å². The smallest absolute Gasteiger partial charge is 0.272 e. The summed E-state index contributed by atoms with van der Waals surface area (Å²) in [5.41, 5.74) is 6.91. The van der Waals surface area contributed by atoms with Crippen LogP contribution >= 0.6 is 0 Å². The maximum Gasteiger partial charge on any atom is 0.272 e. The lowest BCUT2D eigenvalue weighted by molar-refractivity contribution is 0.0956. The molecule has 33 heavy (non-hydrogen) atoms. The van der Waals surface area contributed by atoms with Gasteiger partial charge in [-0.3, -0.25) is 4.79 Å². The zero-order chi connectivity index (χ0) is 23.4. The maximum absolute atomic E-state index is 13.0. The molecule has 0 aliphatic rings. The number of fused-ring (bicyclic) bond motifs is 1. The van der Waals surface area contributed by atoms with Crippen molar-refractivity contribution >= 4 is 28.9 Å². The lowest BCUT2D eigenvalue weighted by atomic mass is 9.96. The van der Waals surface area contributed by atoms with Gasteiger partial charge in [0.25, 0.3) is 5.91 Å². The van der Waals surface area contributed by atoms with Crippen molar-refractivity contribution in [3.8, 4) is 11.3 Å². The molecule has 2 aromatic carbocycles. The highest BCUT2D eigenvalue weighted by atomic mass is 16.4. The van der Waals surface area contributed by atoms with E-state index in [1.807, 2.05) is 55.4 Å². The second kappa shape index (κ2) is 9.69. The number of anilines is 1. The van der Waals surface area contributed by atoms with Crippen LogP contribution in [0.4, 0.5) is 5.88 Å². The largest absolute Gasteiger partial charge is 0.440 e. The van der Waals surface area contributed by atoms with Crippen molar-refractivity contribution in [1.82, 2.24) is 10.4 Å². The zero-order valence-corrected chi connectivity index (χ0v) is 19.4. The van der Waals surface area contributed by atoms with Crippen LogP contribution in [0.25, 0.3) is 22.2 Å². The van der Waals surface area contributed by atoms with Crippen LogP contribution in [0.1, 0.15) is 47.9 Å². The van der Waals surface area contributed by atoms with Crippen molar-refractivity contribution in [2.45, 2.75) is 26.2 Å². The Balaban J connectivity index is 1.62. The van der Waals surface area contributed by atoms with Gasteiger partial charge in [0, 0.05) is 31.1 Å². The number of hydrazone groups is 1. The first kappa shape index (κ1) is 22.3. The number of aromatic nitrogens is 1. The van der Waals surface area contributed by atoms with Crippen LogP contribution in [-0.4, -0.2) is 31.2 Å². The molecule has 2 heterocycles. The van der Waals surface area contributed by atoms with E-state index in [2.05, 4.69) is 48.6 Å². The summed E-state index contributed by atoms with van der Waals surface area (Å²) < 4.78 is 5.63. The van der Waals surface area contributed by atoms with Crippen molar-refractivity contribution < 1.29 is 9.21 Å². The highest BCUT2D eigenvalue weighted by molar-refractivity contribution is 6.07. The number of benzene rings is 2. The standard InChI is InChI=1S/C27H28N4O2/c1-5-18(2)19-10-12-20(13-11-19)25-16-23(22-8-6-7-9-24(22)29-25)27(32)30-28-17-21-14-15-26(33-21)31(3)4/h6-18H,5H2,1-4H3,(H,30,32)/b28-17+. The minimum atomic E-state index is -0.304. The van der Waals surface area contributed by atoms with Crippen LogP contribution < -0.4 is 10.3 Å². The number of rotatable bonds is 7. The topological polar surface area (TPSA) is 70.7 Å². The molecule has 0 bridgehead atoms. The molecule has 0 fully saturated rings. The van der Waals surface area contributed by atoms with E-state index in [1.165, 1.54) is 11.8 Å². The second-order valence-corrected chi connectivity index (χ2v) is 8.27. The monoisotopic (exact) mass is 440 g/mol. The van der Waals surface area contributed by atoms with Gasteiger partial charge in [0.05, 0.1) is 23.0 Å². The van der Waals surface area contributed by atoms with Crippen molar-refractivity contribution in [2.75, 3.05) is 19.0 Å². The summed E-state index contributed by atoms with van der Waals surface area (Å²) in [4.78, 5) is 19.7. The van der Waals surface area contributed by atoms with Crippen molar-refractivity contribution in [3.63, 3.8) is 0 Å². The van der Waals surface area contributed by atoms with Gasteiger partial charge in [0.15, 0.2) is 5.88 Å². The van der Waals surface area contributed by atoms with Gasteiger partial charge in [-0.2, -0.15) is 5.10 Å². The molecular formula is C27H28N4O2. The third kappa shape index (κ3) is 4.95. The number of hydrogen-bond acceptors (Lipinski definition) is 5. The highest BCUT2D eigenvalue weighted by Crippen LogP contribution is 2.27. The zero-order valence-electron chi connectivity index (χ0n) is 19.4. The minimum absolute atomic E-state index is 0.304. The lowest BCUT2D eigenvalue weighted by Gasteiger charge is -2.11. The Kier molecular flexibility index (Phi) is 6.54. The highest BCUT2D eigenvalue weighted by Gasteiger charge is 2.14. The number of nitrogens with zero attached hydrogens (tertiary/aromatic N) is 3. The number of carbonyl (C=O) groups excluding carboxylic acids is 1. The molecule has 0 saturated carbocycles. The minimum Gasteiger partial charge on any atom is -0.440 e. The molecule has 0 saturated heterocycles. The molecule has 1 N–H and O–H groups in total. The lowest BCUT2D eigenvalue weighted by Crippen LogP contribution is -2.18. The molecule has 4 aromatic rings. The van der Waals surface area contributed by atoms with Crippen LogP contribution in [0.2, 0.25) is 0 Å². The van der Waals surface area contributed by atoms with Crippen molar-refractivity contribution in [2.24, 2.45) is 5.10 Å². The third-order valence-corrected chi connectivity index (χ3v) is 5.76. The maximum atomic E-state index is 13.0. The van der Waals surface area contributed by atoms with Gasteiger partial charge in [-0.05, 0) is 36.1 Å². The number of pyridine rings is 1. The predicted molar refractivity (Wildman–Crippen MR) is 134 cm³/mol. The summed E-state index contributed by atoms with van der Waals surface area (Å²) >= 11 is 0. The molecule has 6 heteroatoms. The molecule has 4 rings (SSSR count). The molecule has 2 aromatic heterocycles. The van der Waals surface area contributed by atoms with E-state index in [0.717, 1.165) is 28.6 Å². The normalized spacial score (nSPS) is 12.2. The molecule has 0 spiro atoms. The molecular weight excluding hydrogens is 412 g/mol. The van der Waals surface area contributed by atoms with E-state index in [4.69, 9.17) is 9.40 Å². The first-order valence-electron chi connectivity index (χ1n) is 11.1. The Hall–Kier alpha value is -3.93. The molecule has 1 unspecified atom stereocenters.